The van der Waals surface area contributed by atoms with E-state index >= 15 is 0 Å². The number of carboxylic acids is 1. The van der Waals surface area contributed by atoms with Crippen molar-refractivity contribution in [3.8, 4) is 0 Å². The maximum Gasteiger partial charge on any atom is 0.303 e. The highest BCUT2D eigenvalue weighted by molar-refractivity contribution is 5.93. The Morgan fingerprint density at radius 3 is 2.12 bits per heavy atom. The van der Waals surface area contributed by atoms with Gasteiger partial charge in [0.1, 0.15) is 30.4 Å². The number of Topliss-reactive ketones (excluding diaryl/α,β-unsaturated/α-hetero) is 1. The summed E-state index contributed by atoms with van der Waals surface area (Å²) in [5.41, 5.74) is 0. The van der Waals surface area contributed by atoms with Gasteiger partial charge in [0.05, 0.1) is 18.6 Å². The van der Waals surface area contributed by atoms with Crippen LogP contribution in [-0.4, -0.2) is 92.8 Å². The predicted molar refractivity (Wildman–Crippen MR) is 89.3 cm³/mol. The molecule has 10 heteroatoms. The third-order valence-electron chi connectivity index (χ3n) is 3.95. The second kappa shape index (κ2) is 13.7. The maximum absolute atomic E-state index is 11.8. The van der Waals surface area contributed by atoms with Crippen LogP contribution in [0.2, 0.25) is 0 Å². The summed E-state index contributed by atoms with van der Waals surface area (Å²) in [5, 5.41) is 58.0. The van der Waals surface area contributed by atoms with Crippen molar-refractivity contribution in [2.24, 2.45) is 5.92 Å². The molecule has 0 aliphatic rings. The van der Waals surface area contributed by atoms with E-state index in [-0.39, 0.29) is 31.6 Å². The van der Waals surface area contributed by atoms with E-state index < -0.39 is 42.9 Å². The second-order valence-electron chi connectivity index (χ2n) is 6.10. The molecule has 5 atom stereocenters. The second-order valence-corrected chi connectivity index (χ2v) is 6.10. The zero-order valence-electron chi connectivity index (χ0n) is 14.5. The summed E-state index contributed by atoms with van der Waals surface area (Å²) in [6, 6.07) is 0. The molecule has 152 valence electrons. The molecule has 0 aliphatic heterocycles. The van der Waals surface area contributed by atoms with E-state index in [1.807, 2.05) is 0 Å². The van der Waals surface area contributed by atoms with Crippen LogP contribution in [0.5, 0.6) is 0 Å². The molecule has 0 aliphatic carbocycles. The summed E-state index contributed by atoms with van der Waals surface area (Å²) >= 11 is 0. The van der Waals surface area contributed by atoms with Crippen LogP contribution >= 0.6 is 0 Å². The van der Waals surface area contributed by atoms with Gasteiger partial charge in [-0.15, -0.1) is 0 Å². The van der Waals surface area contributed by atoms with Gasteiger partial charge in [0, 0.05) is 19.4 Å². The van der Waals surface area contributed by atoms with Crippen molar-refractivity contribution in [3.63, 3.8) is 0 Å². The molecule has 0 rings (SSSR count). The van der Waals surface area contributed by atoms with Gasteiger partial charge in [0.25, 0.3) is 0 Å². The SMILES string of the molecule is O=CC(CCC(=O)O)C(=O)CCCCNC[C@H](O)[C@@H](O)[C@H](O)C(O)CO. The number of aliphatic hydroxyl groups excluding tert-OH is 5. The Hall–Kier alpha value is -1.43. The monoisotopic (exact) mass is 379 g/mol. The van der Waals surface area contributed by atoms with E-state index in [1.54, 1.807) is 0 Å². The highest BCUT2D eigenvalue weighted by Crippen LogP contribution is 2.10. The first-order valence-electron chi connectivity index (χ1n) is 8.48. The molecule has 0 amide bonds. The van der Waals surface area contributed by atoms with Crippen molar-refractivity contribution in [2.45, 2.75) is 56.5 Å². The molecule has 26 heavy (non-hydrogen) atoms. The number of carbonyl (C=O) groups excluding carboxylic acids is 2. The van der Waals surface area contributed by atoms with Crippen LogP contribution in [0.3, 0.4) is 0 Å². The molecule has 0 radical (unpaired) electrons. The number of rotatable bonds is 16. The minimum atomic E-state index is -1.68. The van der Waals surface area contributed by atoms with Crippen LogP contribution in [0, 0.1) is 5.92 Å². The lowest BCUT2D eigenvalue weighted by Gasteiger charge is -2.25. The first-order valence-corrected chi connectivity index (χ1v) is 8.48. The van der Waals surface area contributed by atoms with Crippen LogP contribution in [0.1, 0.15) is 32.1 Å². The van der Waals surface area contributed by atoms with Crippen LogP contribution in [-0.2, 0) is 14.4 Å². The van der Waals surface area contributed by atoms with Crippen molar-refractivity contribution >= 4 is 18.0 Å². The van der Waals surface area contributed by atoms with Crippen LogP contribution in [0.25, 0.3) is 0 Å². The molecule has 0 spiro atoms. The first kappa shape index (κ1) is 24.6. The molecule has 2 unspecified atom stereocenters. The molecule has 7 N–H and O–H groups in total. The van der Waals surface area contributed by atoms with Gasteiger partial charge in [0.15, 0.2) is 0 Å². The Balaban J connectivity index is 3.93. The zero-order chi connectivity index (χ0) is 20.1. The molecule has 0 aromatic rings. The van der Waals surface area contributed by atoms with E-state index in [2.05, 4.69) is 5.32 Å². The molecule has 0 heterocycles. The van der Waals surface area contributed by atoms with Gasteiger partial charge in [0.2, 0.25) is 0 Å². The minimum absolute atomic E-state index is 0.0119. The Kier molecular flexibility index (Phi) is 13.0. The summed E-state index contributed by atoms with van der Waals surface area (Å²) in [5.74, 6) is -2.28. The van der Waals surface area contributed by atoms with Crippen molar-refractivity contribution in [3.05, 3.63) is 0 Å². The van der Waals surface area contributed by atoms with Gasteiger partial charge in [-0.05, 0) is 25.8 Å². The van der Waals surface area contributed by atoms with Gasteiger partial charge in [-0.3, -0.25) is 9.59 Å². The van der Waals surface area contributed by atoms with E-state index in [4.69, 9.17) is 10.2 Å². The lowest BCUT2D eigenvalue weighted by Crippen LogP contribution is -2.49. The van der Waals surface area contributed by atoms with E-state index in [1.165, 1.54) is 0 Å². The number of carbonyl (C=O) groups is 3. The lowest BCUT2D eigenvalue weighted by atomic mass is 9.96. The molecule has 10 nitrogen and oxygen atoms in total. The first-order chi connectivity index (χ1) is 12.2. The van der Waals surface area contributed by atoms with Crippen LogP contribution in [0.15, 0.2) is 0 Å². The summed E-state index contributed by atoms with van der Waals surface area (Å²) in [7, 11) is 0. The molecule has 0 saturated heterocycles. The summed E-state index contributed by atoms with van der Waals surface area (Å²) in [6.45, 7) is -0.420. The number of unbranched alkanes of at least 4 members (excludes halogenated alkanes) is 1. The standard InChI is InChI=1S/C16H29NO9/c18-8-10(4-5-14(23)24)11(20)3-1-2-6-17-7-12(21)15(25)16(26)13(22)9-19/h8,10,12-13,15-17,19,21-22,25-26H,1-7,9H2,(H,23,24)/t10?,12-,13?,15+,16+/m0/s1. The fourth-order valence-electron chi connectivity index (χ4n) is 2.25. The topological polar surface area (TPSA) is 185 Å². The number of hydrogen-bond acceptors (Lipinski definition) is 9. The molecular formula is C16H29NO9. The van der Waals surface area contributed by atoms with Crippen molar-refractivity contribution < 1.29 is 45.0 Å². The quantitative estimate of drug-likeness (QED) is 0.0854. The number of hydrogen-bond donors (Lipinski definition) is 7. The van der Waals surface area contributed by atoms with E-state index in [0.717, 1.165) is 0 Å². The van der Waals surface area contributed by atoms with Crippen LogP contribution in [0.4, 0.5) is 0 Å². The summed E-state index contributed by atoms with van der Waals surface area (Å²) in [4.78, 5) is 33.1. The van der Waals surface area contributed by atoms with Crippen molar-refractivity contribution in [2.75, 3.05) is 19.7 Å². The number of nitrogens with one attached hydrogen (secondary N) is 1. The Morgan fingerprint density at radius 2 is 1.58 bits per heavy atom. The molecule has 0 aromatic carbocycles. The van der Waals surface area contributed by atoms with Gasteiger partial charge < -0.3 is 40.8 Å². The average Bonchev–Trinajstić information content (AvgIpc) is 2.62. The highest BCUT2D eigenvalue weighted by atomic mass is 16.4. The molecule has 0 fully saturated rings. The van der Waals surface area contributed by atoms with Crippen LogP contribution < -0.4 is 5.32 Å². The third-order valence-corrected chi connectivity index (χ3v) is 3.95. The van der Waals surface area contributed by atoms with E-state index in [0.29, 0.717) is 25.7 Å². The average molecular weight is 379 g/mol. The third kappa shape index (κ3) is 9.90. The van der Waals surface area contributed by atoms with Gasteiger partial charge >= 0.3 is 5.97 Å². The lowest BCUT2D eigenvalue weighted by molar-refractivity contribution is -0.137. The molecule has 0 saturated carbocycles. The molecule has 0 aromatic heterocycles. The number of ketones is 1. The Bertz CT molecular complexity index is 432. The fraction of sp³-hybridized carbons (Fsp3) is 0.812. The largest absolute Gasteiger partial charge is 0.481 e. The summed E-state index contributed by atoms with van der Waals surface area (Å²) in [6.07, 6.45) is -4.87. The number of aliphatic carboxylic acids is 1. The van der Waals surface area contributed by atoms with Gasteiger partial charge in [-0.2, -0.15) is 0 Å². The number of carboxylic acid groups (broad SMARTS) is 1. The zero-order valence-corrected chi connectivity index (χ0v) is 14.5. The molecule has 0 bridgehead atoms. The maximum atomic E-state index is 11.8. The smallest absolute Gasteiger partial charge is 0.303 e. The number of aliphatic hydroxyl groups is 5. The van der Waals surface area contributed by atoms with Gasteiger partial charge in [-0.25, -0.2) is 0 Å². The minimum Gasteiger partial charge on any atom is -0.481 e. The predicted octanol–water partition coefficient (Wildman–Crippen LogP) is -2.57. The highest BCUT2D eigenvalue weighted by Gasteiger charge is 2.29. The van der Waals surface area contributed by atoms with E-state index in [9.17, 15) is 34.8 Å². The fourth-order valence-corrected chi connectivity index (χ4v) is 2.25. The van der Waals surface area contributed by atoms with Crippen molar-refractivity contribution in [1.29, 1.82) is 0 Å². The summed E-state index contributed by atoms with van der Waals surface area (Å²) < 4.78 is 0. The Labute approximate surface area is 151 Å². The molecular weight excluding hydrogens is 350 g/mol. The Morgan fingerprint density at radius 1 is 0.962 bits per heavy atom. The number of aldehydes is 1. The van der Waals surface area contributed by atoms with Gasteiger partial charge in [-0.1, -0.05) is 0 Å². The normalized spacial score (nSPS) is 17.1. The van der Waals surface area contributed by atoms with Crippen molar-refractivity contribution in [1.82, 2.24) is 5.32 Å².